The van der Waals surface area contributed by atoms with Gasteiger partial charge < -0.3 is 20.1 Å². The standard InChI is InChI=1S/C23H27N3O4/c1-5-12-30-16-10-11-19(25-13-16)21-18(14-26(24)22(21)23(27)29-6-2)17-8-7-9-20(28-4)15(17)3/h7-11,13-14H,5-6,12,24H2,1-4H3. The molecule has 158 valence electrons. The summed E-state index contributed by atoms with van der Waals surface area (Å²) in [4.78, 5) is 17.3. The molecule has 0 atom stereocenters. The van der Waals surface area contributed by atoms with Crippen molar-refractivity contribution in [2.75, 3.05) is 26.2 Å². The predicted molar refractivity (Wildman–Crippen MR) is 116 cm³/mol. The summed E-state index contributed by atoms with van der Waals surface area (Å²) >= 11 is 0. The fourth-order valence-corrected chi connectivity index (χ4v) is 3.36. The second-order valence-electron chi connectivity index (χ2n) is 6.75. The number of hydrogen-bond acceptors (Lipinski definition) is 6. The molecule has 0 spiro atoms. The van der Waals surface area contributed by atoms with Gasteiger partial charge in [-0.15, -0.1) is 0 Å². The molecule has 3 rings (SSSR count). The number of carbonyl (C=O) groups is 1. The fraction of sp³-hybridized carbons (Fsp3) is 0.304. The minimum atomic E-state index is -0.505. The molecule has 7 heteroatoms. The molecule has 0 saturated carbocycles. The first-order chi connectivity index (χ1) is 14.5. The molecule has 0 fully saturated rings. The summed E-state index contributed by atoms with van der Waals surface area (Å²) < 4.78 is 17.6. The first kappa shape index (κ1) is 21.2. The zero-order valence-corrected chi connectivity index (χ0v) is 17.8. The molecule has 0 aliphatic rings. The zero-order valence-electron chi connectivity index (χ0n) is 17.8. The number of pyridine rings is 1. The van der Waals surface area contributed by atoms with Gasteiger partial charge in [0.15, 0.2) is 5.69 Å². The minimum Gasteiger partial charge on any atom is -0.496 e. The van der Waals surface area contributed by atoms with Crippen LogP contribution in [-0.4, -0.2) is 36.0 Å². The second kappa shape index (κ2) is 9.35. The quantitative estimate of drug-likeness (QED) is 0.443. The molecule has 0 saturated heterocycles. The second-order valence-corrected chi connectivity index (χ2v) is 6.75. The lowest BCUT2D eigenvalue weighted by Crippen LogP contribution is -2.18. The Bertz CT molecular complexity index is 1030. The Morgan fingerprint density at radius 1 is 1.17 bits per heavy atom. The highest BCUT2D eigenvalue weighted by Gasteiger charge is 2.26. The van der Waals surface area contributed by atoms with Crippen molar-refractivity contribution < 1.29 is 19.0 Å². The van der Waals surface area contributed by atoms with Crippen molar-refractivity contribution in [3.63, 3.8) is 0 Å². The number of nitrogen functional groups attached to an aromatic ring is 1. The molecule has 0 aliphatic heterocycles. The van der Waals surface area contributed by atoms with Gasteiger partial charge in [0, 0.05) is 17.3 Å². The number of hydrogen-bond donors (Lipinski definition) is 1. The summed E-state index contributed by atoms with van der Waals surface area (Å²) in [5, 5.41) is 0. The molecule has 1 aromatic carbocycles. The van der Waals surface area contributed by atoms with Crippen molar-refractivity contribution in [1.29, 1.82) is 0 Å². The molecule has 0 amide bonds. The Labute approximate surface area is 176 Å². The summed E-state index contributed by atoms with van der Waals surface area (Å²) in [7, 11) is 1.63. The number of aromatic nitrogens is 2. The van der Waals surface area contributed by atoms with Gasteiger partial charge in [-0.05, 0) is 49.6 Å². The number of methoxy groups -OCH3 is 1. The molecule has 0 bridgehead atoms. The van der Waals surface area contributed by atoms with Gasteiger partial charge in [0.2, 0.25) is 0 Å². The van der Waals surface area contributed by atoms with Gasteiger partial charge in [0.25, 0.3) is 0 Å². The Kier molecular flexibility index (Phi) is 6.61. The van der Waals surface area contributed by atoms with E-state index in [0.29, 0.717) is 23.6 Å². The van der Waals surface area contributed by atoms with Crippen LogP contribution < -0.4 is 15.3 Å². The molecule has 2 heterocycles. The molecule has 0 radical (unpaired) electrons. The molecule has 2 aromatic heterocycles. The van der Waals surface area contributed by atoms with E-state index < -0.39 is 5.97 Å². The van der Waals surface area contributed by atoms with Gasteiger partial charge in [-0.3, -0.25) is 9.66 Å². The first-order valence-electron chi connectivity index (χ1n) is 9.92. The number of nitrogens with zero attached hydrogens (tertiary/aromatic N) is 2. The Balaban J connectivity index is 2.20. The third-order valence-electron chi connectivity index (χ3n) is 4.76. The maximum absolute atomic E-state index is 12.7. The van der Waals surface area contributed by atoms with Gasteiger partial charge in [0.1, 0.15) is 11.5 Å². The van der Waals surface area contributed by atoms with Crippen LogP contribution in [0.4, 0.5) is 0 Å². The molecule has 0 unspecified atom stereocenters. The fourth-order valence-electron chi connectivity index (χ4n) is 3.36. The highest BCUT2D eigenvalue weighted by molar-refractivity contribution is 6.01. The number of nitrogens with two attached hydrogens (primary N) is 1. The van der Waals surface area contributed by atoms with Crippen LogP contribution in [-0.2, 0) is 4.74 Å². The lowest BCUT2D eigenvalue weighted by molar-refractivity contribution is 0.0517. The largest absolute Gasteiger partial charge is 0.496 e. The van der Waals surface area contributed by atoms with E-state index in [1.54, 1.807) is 26.4 Å². The van der Waals surface area contributed by atoms with Crippen molar-refractivity contribution in [2.24, 2.45) is 0 Å². The van der Waals surface area contributed by atoms with E-state index >= 15 is 0 Å². The molecule has 3 aromatic rings. The first-order valence-corrected chi connectivity index (χ1v) is 9.92. The van der Waals surface area contributed by atoms with Crippen molar-refractivity contribution in [1.82, 2.24) is 9.66 Å². The SMILES string of the molecule is CCCOc1ccc(-c2c(-c3cccc(OC)c3C)cn(N)c2C(=O)OCC)nc1. The average molecular weight is 409 g/mol. The van der Waals surface area contributed by atoms with E-state index in [4.69, 9.17) is 20.1 Å². The van der Waals surface area contributed by atoms with Crippen LogP contribution >= 0.6 is 0 Å². The lowest BCUT2D eigenvalue weighted by atomic mass is 9.96. The summed E-state index contributed by atoms with van der Waals surface area (Å²) in [5.41, 5.74) is 4.05. The zero-order chi connectivity index (χ0) is 21.7. The van der Waals surface area contributed by atoms with Crippen LogP contribution in [0.5, 0.6) is 11.5 Å². The van der Waals surface area contributed by atoms with Gasteiger partial charge >= 0.3 is 5.97 Å². The average Bonchev–Trinajstić information content (AvgIpc) is 3.09. The maximum Gasteiger partial charge on any atom is 0.357 e. The van der Waals surface area contributed by atoms with Crippen molar-refractivity contribution in [2.45, 2.75) is 27.2 Å². The van der Waals surface area contributed by atoms with Gasteiger partial charge in [-0.25, -0.2) is 4.79 Å². The van der Waals surface area contributed by atoms with Gasteiger partial charge in [0.05, 0.1) is 32.2 Å². The topological polar surface area (TPSA) is 88.6 Å². The lowest BCUT2D eigenvalue weighted by Gasteiger charge is -2.12. The monoisotopic (exact) mass is 409 g/mol. The molecular formula is C23H27N3O4. The third-order valence-corrected chi connectivity index (χ3v) is 4.76. The number of benzene rings is 1. The smallest absolute Gasteiger partial charge is 0.357 e. The Morgan fingerprint density at radius 2 is 1.97 bits per heavy atom. The normalized spacial score (nSPS) is 10.7. The van der Waals surface area contributed by atoms with Crippen LogP contribution in [0.1, 0.15) is 36.3 Å². The van der Waals surface area contributed by atoms with E-state index in [9.17, 15) is 4.79 Å². The third kappa shape index (κ3) is 4.10. The molecule has 0 aliphatic carbocycles. The van der Waals surface area contributed by atoms with E-state index in [1.807, 2.05) is 44.2 Å². The van der Waals surface area contributed by atoms with Crippen LogP contribution in [0.2, 0.25) is 0 Å². The highest BCUT2D eigenvalue weighted by atomic mass is 16.5. The molecule has 7 nitrogen and oxygen atoms in total. The predicted octanol–water partition coefficient (Wildman–Crippen LogP) is 4.21. The van der Waals surface area contributed by atoms with Crippen molar-refractivity contribution >= 4 is 5.97 Å². The minimum absolute atomic E-state index is 0.240. The maximum atomic E-state index is 12.7. The van der Waals surface area contributed by atoms with E-state index in [-0.39, 0.29) is 12.3 Å². The highest BCUT2D eigenvalue weighted by Crippen LogP contribution is 2.39. The summed E-state index contributed by atoms with van der Waals surface area (Å²) in [6.45, 7) is 6.62. The van der Waals surface area contributed by atoms with Crippen LogP contribution in [0.15, 0.2) is 42.7 Å². The number of carbonyl (C=O) groups excluding carboxylic acids is 1. The molecular weight excluding hydrogens is 382 g/mol. The van der Waals surface area contributed by atoms with Crippen molar-refractivity contribution in [3.8, 4) is 33.9 Å². The van der Waals surface area contributed by atoms with Crippen LogP contribution in [0.3, 0.4) is 0 Å². The number of ether oxygens (including phenoxy) is 3. The van der Waals surface area contributed by atoms with E-state index in [1.165, 1.54) is 4.68 Å². The van der Waals surface area contributed by atoms with E-state index in [0.717, 1.165) is 28.9 Å². The molecule has 30 heavy (non-hydrogen) atoms. The van der Waals surface area contributed by atoms with Crippen LogP contribution in [0.25, 0.3) is 22.4 Å². The van der Waals surface area contributed by atoms with Crippen molar-refractivity contribution in [3.05, 3.63) is 54.0 Å². The van der Waals surface area contributed by atoms with Crippen LogP contribution in [0, 0.1) is 6.92 Å². The summed E-state index contributed by atoms with van der Waals surface area (Å²) in [6.07, 6.45) is 4.27. The molecule has 2 N–H and O–H groups in total. The Morgan fingerprint density at radius 3 is 2.60 bits per heavy atom. The van der Waals surface area contributed by atoms with Gasteiger partial charge in [-0.1, -0.05) is 19.1 Å². The number of esters is 1. The summed E-state index contributed by atoms with van der Waals surface area (Å²) in [5.74, 6) is 7.11. The number of rotatable bonds is 8. The van der Waals surface area contributed by atoms with E-state index in [2.05, 4.69) is 4.98 Å². The summed E-state index contributed by atoms with van der Waals surface area (Å²) in [6, 6.07) is 9.41. The van der Waals surface area contributed by atoms with Gasteiger partial charge in [-0.2, -0.15) is 0 Å². The Hall–Kier alpha value is -3.48.